The fourth-order valence-corrected chi connectivity index (χ4v) is 2.72. The van der Waals surface area contributed by atoms with Crippen molar-refractivity contribution in [3.05, 3.63) is 33.9 Å². The Morgan fingerprint density at radius 3 is 2.24 bits per heavy atom. The van der Waals surface area contributed by atoms with Crippen molar-refractivity contribution in [3.8, 4) is 0 Å². The third-order valence-electron chi connectivity index (χ3n) is 3.85. The average Bonchev–Trinajstić information content (AvgIpc) is 2.52. The molecule has 0 aromatic heterocycles. The quantitative estimate of drug-likeness (QED) is 0.473. The molecule has 1 aliphatic heterocycles. The van der Waals surface area contributed by atoms with E-state index in [4.69, 9.17) is 4.74 Å². The number of nitrogens with zero attached hydrogens (tertiary/aromatic N) is 3. The Morgan fingerprint density at radius 1 is 1.16 bits per heavy atom. The summed E-state index contributed by atoms with van der Waals surface area (Å²) >= 11 is 0. The Morgan fingerprint density at radius 2 is 1.76 bits per heavy atom. The van der Waals surface area contributed by atoms with Crippen LogP contribution in [0.15, 0.2) is 18.2 Å². The van der Waals surface area contributed by atoms with Crippen LogP contribution in [0.4, 0.5) is 16.2 Å². The first kappa shape index (κ1) is 18.7. The van der Waals surface area contributed by atoms with Crippen LogP contribution in [0.1, 0.15) is 38.1 Å². The van der Waals surface area contributed by atoms with Crippen LogP contribution < -0.4 is 4.90 Å². The number of ketones is 1. The standard InChI is InChI=1S/C17H23N3O5/c1-12(21)13-6-5-7-14(15(13)20(23)24)18-8-10-19(11-9-18)16(22)25-17(2,3)4/h5-7H,8-11H2,1-4H3. The molecule has 1 aromatic carbocycles. The minimum Gasteiger partial charge on any atom is -0.444 e. The molecule has 0 aliphatic carbocycles. The molecule has 1 amide bonds. The predicted molar refractivity (Wildman–Crippen MR) is 93.1 cm³/mol. The van der Waals surface area contributed by atoms with Crippen LogP contribution in [0.5, 0.6) is 0 Å². The molecule has 1 saturated heterocycles. The van der Waals surface area contributed by atoms with Crippen LogP contribution in [0.2, 0.25) is 0 Å². The number of carbonyl (C=O) groups excluding carboxylic acids is 2. The maximum absolute atomic E-state index is 12.1. The number of anilines is 1. The molecule has 8 nitrogen and oxygen atoms in total. The van der Waals surface area contributed by atoms with Crippen molar-refractivity contribution >= 4 is 23.3 Å². The zero-order valence-electron chi connectivity index (χ0n) is 14.9. The molecule has 0 radical (unpaired) electrons. The van der Waals surface area contributed by atoms with E-state index >= 15 is 0 Å². The lowest BCUT2D eigenvalue weighted by Gasteiger charge is -2.36. The molecular weight excluding hydrogens is 326 g/mol. The van der Waals surface area contributed by atoms with E-state index < -0.39 is 10.5 Å². The molecule has 1 fully saturated rings. The Kier molecular flexibility index (Phi) is 5.30. The zero-order valence-corrected chi connectivity index (χ0v) is 14.9. The van der Waals surface area contributed by atoms with Crippen molar-refractivity contribution in [2.24, 2.45) is 0 Å². The highest BCUT2D eigenvalue weighted by Crippen LogP contribution is 2.32. The summed E-state index contributed by atoms with van der Waals surface area (Å²) in [7, 11) is 0. The molecule has 25 heavy (non-hydrogen) atoms. The third-order valence-corrected chi connectivity index (χ3v) is 3.85. The van der Waals surface area contributed by atoms with Gasteiger partial charge in [-0.25, -0.2) is 4.79 Å². The zero-order chi connectivity index (χ0) is 18.8. The van der Waals surface area contributed by atoms with Gasteiger partial charge in [0.15, 0.2) is 5.78 Å². The number of amides is 1. The topological polar surface area (TPSA) is 93.0 Å². The third kappa shape index (κ3) is 4.46. The Balaban J connectivity index is 2.16. The lowest BCUT2D eigenvalue weighted by Crippen LogP contribution is -2.50. The lowest BCUT2D eigenvalue weighted by molar-refractivity contribution is -0.384. The van der Waals surface area contributed by atoms with Gasteiger partial charge in [-0.3, -0.25) is 14.9 Å². The first-order chi connectivity index (χ1) is 11.6. The lowest BCUT2D eigenvalue weighted by atomic mass is 10.1. The summed E-state index contributed by atoms with van der Waals surface area (Å²) in [5, 5.41) is 11.5. The van der Waals surface area contributed by atoms with E-state index in [9.17, 15) is 19.7 Å². The number of para-hydroxylation sites is 1. The summed E-state index contributed by atoms with van der Waals surface area (Å²) in [4.78, 5) is 38.1. The van der Waals surface area contributed by atoms with E-state index in [0.717, 1.165) is 0 Å². The molecule has 1 aromatic rings. The van der Waals surface area contributed by atoms with Gasteiger partial charge in [0.25, 0.3) is 0 Å². The molecule has 0 spiro atoms. The first-order valence-electron chi connectivity index (χ1n) is 8.11. The van der Waals surface area contributed by atoms with Crippen LogP contribution in [-0.2, 0) is 4.74 Å². The molecule has 0 N–H and O–H groups in total. The average molecular weight is 349 g/mol. The second-order valence-electron chi connectivity index (χ2n) is 6.94. The number of nitro groups is 1. The number of ether oxygens (including phenoxy) is 1. The molecule has 0 unspecified atom stereocenters. The molecule has 0 atom stereocenters. The maximum Gasteiger partial charge on any atom is 0.410 e. The number of rotatable bonds is 3. The number of piperazine rings is 1. The second kappa shape index (κ2) is 7.08. The van der Waals surface area contributed by atoms with Crippen LogP contribution in [0.25, 0.3) is 0 Å². The number of nitro benzene ring substituents is 1. The van der Waals surface area contributed by atoms with Crippen molar-refractivity contribution < 1.29 is 19.2 Å². The summed E-state index contributed by atoms with van der Waals surface area (Å²) in [6.07, 6.45) is -0.390. The van der Waals surface area contributed by atoms with Gasteiger partial charge in [0, 0.05) is 26.2 Å². The van der Waals surface area contributed by atoms with Crippen LogP contribution >= 0.6 is 0 Å². The van der Waals surface area contributed by atoms with Gasteiger partial charge in [0.05, 0.1) is 10.5 Å². The van der Waals surface area contributed by atoms with Gasteiger partial charge in [0.2, 0.25) is 0 Å². The molecule has 1 heterocycles. The number of hydrogen-bond donors (Lipinski definition) is 0. The SMILES string of the molecule is CC(=O)c1cccc(N2CCN(C(=O)OC(C)(C)C)CC2)c1[N+](=O)[O-]. The minimum absolute atomic E-state index is 0.0945. The first-order valence-corrected chi connectivity index (χ1v) is 8.11. The highest BCUT2D eigenvalue weighted by atomic mass is 16.6. The minimum atomic E-state index is -0.567. The fourth-order valence-electron chi connectivity index (χ4n) is 2.72. The van der Waals surface area contributed by atoms with Crippen molar-refractivity contribution in [1.29, 1.82) is 0 Å². The normalized spacial score (nSPS) is 15.0. The number of carbonyl (C=O) groups is 2. The van der Waals surface area contributed by atoms with E-state index in [1.165, 1.54) is 13.0 Å². The van der Waals surface area contributed by atoms with E-state index in [0.29, 0.717) is 31.9 Å². The van der Waals surface area contributed by atoms with Crippen molar-refractivity contribution in [2.75, 3.05) is 31.1 Å². The molecular formula is C17H23N3O5. The smallest absolute Gasteiger partial charge is 0.410 e. The van der Waals surface area contributed by atoms with Gasteiger partial charge in [-0.05, 0) is 39.8 Å². The Hall–Kier alpha value is -2.64. The predicted octanol–water partition coefficient (Wildman–Crippen LogP) is 2.85. The molecule has 0 saturated carbocycles. The summed E-state index contributed by atoms with van der Waals surface area (Å²) < 4.78 is 5.35. The Bertz CT molecular complexity index is 688. The second-order valence-corrected chi connectivity index (χ2v) is 6.94. The Labute approximate surface area is 146 Å². The van der Waals surface area contributed by atoms with E-state index in [2.05, 4.69) is 0 Å². The highest BCUT2D eigenvalue weighted by molar-refractivity contribution is 6.00. The van der Waals surface area contributed by atoms with Crippen LogP contribution in [-0.4, -0.2) is 53.5 Å². The summed E-state index contributed by atoms with van der Waals surface area (Å²) in [5.74, 6) is -0.346. The molecule has 0 bridgehead atoms. The molecule has 136 valence electrons. The van der Waals surface area contributed by atoms with Gasteiger partial charge in [-0.2, -0.15) is 0 Å². The van der Waals surface area contributed by atoms with Gasteiger partial charge in [-0.15, -0.1) is 0 Å². The summed E-state index contributed by atoms with van der Waals surface area (Å²) in [5.41, 5.74) is -0.248. The highest BCUT2D eigenvalue weighted by Gasteiger charge is 2.30. The van der Waals surface area contributed by atoms with Gasteiger partial charge in [0.1, 0.15) is 11.3 Å². The summed E-state index contributed by atoms with van der Waals surface area (Å²) in [6, 6.07) is 4.73. The van der Waals surface area contributed by atoms with E-state index in [1.54, 1.807) is 37.8 Å². The summed E-state index contributed by atoms with van der Waals surface area (Å²) in [6.45, 7) is 8.38. The largest absolute Gasteiger partial charge is 0.444 e. The van der Waals surface area contributed by atoms with Crippen LogP contribution in [0, 0.1) is 10.1 Å². The fraction of sp³-hybridized carbons (Fsp3) is 0.529. The van der Waals surface area contributed by atoms with Crippen LogP contribution in [0.3, 0.4) is 0 Å². The van der Waals surface area contributed by atoms with Crippen molar-refractivity contribution in [3.63, 3.8) is 0 Å². The number of benzene rings is 1. The van der Waals surface area contributed by atoms with Crippen molar-refractivity contribution in [2.45, 2.75) is 33.3 Å². The van der Waals surface area contributed by atoms with E-state index in [1.807, 2.05) is 4.90 Å². The maximum atomic E-state index is 12.1. The van der Waals surface area contributed by atoms with Gasteiger partial charge < -0.3 is 14.5 Å². The molecule has 1 aliphatic rings. The monoisotopic (exact) mass is 349 g/mol. The van der Waals surface area contributed by atoms with Crippen molar-refractivity contribution in [1.82, 2.24) is 4.90 Å². The number of Topliss-reactive ketones (excluding diaryl/α,β-unsaturated/α-hetero) is 1. The molecule has 2 rings (SSSR count). The van der Waals surface area contributed by atoms with Gasteiger partial charge >= 0.3 is 11.8 Å². The van der Waals surface area contributed by atoms with E-state index in [-0.39, 0.29) is 23.1 Å². The number of hydrogen-bond acceptors (Lipinski definition) is 6. The van der Waals surface area contributed by atoms with Gasteiger partial charge in [-0.1, -0.05) is 6.07 Å². The molecule has 8 heteroatoms.